The van der Waals surface area contributed by atoms with Gasteiger partial charge in [0.1, 0.15) is 5.82 Å². The predicted octanol–water partition coefficient (Wildman–Crippen LogP) is 4.37. The van der Waals surface area contributed by atoms with Gasteiger partial charge in [0.15, 0.2) is 0 Å². The van der Waals surface area contributed by atoms with Crippen LogP contribution in [0.15, 0.2) is 70.0 Å². The number of hydrogen-bond acceptors (Lipinski definition) is 2. The molecular formula is C18H13BrN2O. The molecule has 2 aromatic carbocycles. The Kier molecular flexibility index (Phi) is 4.30. The maximum atomic E-state index is 12.0. The minimum Gasteiger partial charge on any atom is -0.306 e. The van der Waals surface area contributed by atoms with Gasteiger partial charge in [0.2, 0.25) is 0 Å². The summed E-state index contributed by atoms with van der Waals surface area (Å²) in [6.07, 6.45) is 5.63. The lowest BCUT2D eigenvalue weighted by atomic mass is 10.2. The number of H-pyrrole nitrogens is 1. The molecule has 0 radical (unpaired) electrons. The summed E-state index contributed by atoms with van der Waals surface area (Å²) in [5.74, 6) is 0.530. The summed E-state index contributed by atoms with van der Waals surface area (Å²) in [7, 11) is 0. The first-order chi connectivity index (χ1) is 10.7. The number of para-hydroxylation sites is 1. The first kappa shape index (κ1) is 14.5. The molecule has 0 unspecified atom stereocenters. The molecule has 0 atom stereocenters. The molecule has 1 aromatic heterocycles. The zero-order valence-electron chi connectivity index (χ0n) is 11.7. The molecule has 1 N–H and O–H groups in total. The van der Waals surface area contributed by atoms with E-state index in [0.717, 1.165) is 10.0 Å². The maximum absolute atomic E-state index is 12.0. The van der Waals surface area contributed by atoms with Crippen LogP contribution in [0.4, 0.5) is 0 Å². The van der Waals surface area contributed by atoms with E-state index < -0.39 is 0 Å². The van der Waals surface area contributed by atoms with Crippen molar-refractivity contribution in [2.75, 3.05) is 0 Å². The Morgan fingerprint density at radius 2 is 1.77 bits per heavy atom. The van der Waals surface area contributed by atoms with Crippen LogP contribution in [-0.2, 0) is 0 Å². The predicted molar refractivity (Wildman–Crippen MR) is 94.7 cm³/mol. The summed E-state index contributed by atoms with van der Waals surface area (Å²) in [5, 5.41) is 0.596. The molecule has 4 heteroatoms. The highest BCUT2D eigenvalue weighted by Crippen LogP contribution is 2.14. The second kappa shape index (κ2) is 6.54. The zero-order chi connectivity index (χ0) is 15.4. The van der Waals surface area contributed by atoms with E-state index in [1.807, 2.05) is 60.7 Å². The fraction of sp³-hybridized carbons (Fsp3) is 0. The topological polar surface area (TPSA) is 45.8 Å². The summed E-state index contributed by atoms with van der Waals surface area (Å²) in [4.78, 5) is 19.2. The standard InChI is InChI=1S/C18H13BrN2O/c19-14(12-13-6-2-1-3-7-13)10-11-17-20-16-9-5-4-8-15(16)18(22)21-17/h1-12H,(H,20,21,22)/b11-10-,14-12+. The van der Waals surface area contributed by atoms with E-state index in [2.05, 4.69) is 25.9 Å². The van der Waals surface area contributed by atoms with Gasteiger partial charge in [-0.25, -0.2) is 4.98 Å². The lowest BCUT2D eigenvalue weighted by Crippen LogP contribution is -2.09. The maximum Gasteiger partial charge on any atom is 0.259 e. The molecule has 0 bridgehead atoms. The first-order valence-corrected chi connectivity index (χ1v) is 7.61. The lowest BCUT2D eigenvalue weighted by Gasteiger charge is -1.98. The van der Waals surface area contributed by atoms with Gasteiger partial charge in [0.05, 0.1) is 10.9 Å². The summed E-state index contributed by atoms with van der Waals surface area (Å²) in [6.45, 7) is 0. The van der Waals surface area contributed by atoms with E-state index >= 15 is 0 Å². The molecule has 0 amide bonds. The van der Waals surface area contributed by atoms with E-state index in [9.17, 15) is 4.79 Å². The third-order valence-corrected chi connectivity index (χ3v) is 3.63. The monoisotopic (exact) mass is 352 g/mol. The van der Waals surface area contributed by atoms with E-state index in [1.54, 1.807) is 12.1 Å². The normalized spacial score (nSPS) is 12.1. The molecule has 0 saturated heterocycles. The Morgan fingerprint density at radius 3 is 2.59 bits per heavy atom. The fourth-order valence-corrected chi connectivity index (χ4v) is 2.50. The number of aromatic nitrogens is 2. The summed E-state index contributed by atoms with van der Waals surface area (Å²) in [5.41, 5.74) is 1.65. The van der Waals surface area contributed by atoms with Gasteiger partial charge in [0.25, 0.3) is 5.56 Å². The number of fused-ring (bicyclic) bond motifs is 1. The molecule has 3 aromatic rings. The second-order valence-corrected chi connectivity index (χ2v) is 5.66. The Labute approximate surface area is 136 Å². The van der Waals surface area contributed by atoms with Gasteiger partial charge in [-0.15, -0.1) is 0 Å². The number of hydrogen-bond donors (Lipinski definition) is 1. The minimum atomic E-state index is -0.131. The van der Waals surface area contributed by atoms with Crippen LogP contribution < -0.4 is 5.56 Å². The lowest BCUT2D eigenvalue weighted by molar-refractivity contribution is 1.14. The van der Waals surface area contributed by atoms with E-state index in [4.69, 9.17) is 0 Å². The molecule has 22 heavy (non-hydrogen) atoms. The number of halogens is 1. The van der Waals surface area contributed by atoms with Gasteiger partial charge in [0, 0.05) is 4.48 Å². The molecule has 0 fully saturated rings. The summed E-state index contributed by atoms with van der Waals surface area (Å²) in [6, 6.07) is 17.3. The molecule has 0 spiro atoms. The Hall–Kier alpha value is -2.46. The van der Waals surface area contributed by atoms with Crippen LogP contribution in [0.25, 0.3) is 23.1 Å². The van der Waals surface area contributed by atoms with Crippen LogP contribution in [0.1, 0.15) is 11.4 Å². The van der Waals surface area contributed by atoms with Gasteiger partial charge in [-0.05, 0) is 35.9 Å². The Balaban J connectivity index is 1.89. The van der Waals surface area contributed by atoms with Crippen LogP contribution in [0, 0.1) is 0 Å². The molecule has 0 aliphatic carbocycles. The van der Waals surface area contributed by atoms with Crippen LogP contribution in [-0.4, -0.2) is 9.97 Å². The average Bonchev–Trinajstić information content (AvgIpc) is 2.54. The van der Waals surface area contributed by atoms with Gasteiger partial charge in [-0.2, -0.15) is 0 Å². The number of benzene rings is 2. The quantitative estimate of drug-likeness (QED) is 0.711. The first-order valence-electron chi connectivity index (χ1n) is 6.82. The number of nitrogens with one attached hydrogen (secondary N) is 1. The smallest absolute Gasteiger partial charge is 0.259 e. The molecular weight excluding hydrogens is 340 g/mol. The van der Waals surface area contributed by atoms with Crippen molar-refractivity contribution in [2.45, 2.75) is 0 Å². The van der Waals surface area contributed by atoms with Crippen molar-refractivity contribution in [1.82, 2.24) is 9.97 Å². The molecule has 3 rings (SSSR count). The van der Waals surface area contributed by atoms with Gasteiger partial charge in [-0.3, -0.25) is 4.79 Å². The largest absolute Gasteiger partial charge is 0.306 e. The average molecular weight is 353 g/mol. The summed E-state index contributed by atoms with van der Waals surface area (Å²) >= 11 is 3.49. The molecule has 1 heterocycles. The Bertz CT molecular complexity index is 911. The van der Waals surface area contributed by atoms with Crippen LogP contribution in [0.5, 0.6) is 0 Å². The zero-order valence-corrected chi connectivity index (χ0v) is 13.2. The van der Waals surface area contributed by atoms with E-state index in [0.29, 0.717) is 16.7 Å². The molecule has 0 saturated carbocycles. The highest BCUT2D eigenvalue weighted by atomic mass is 79.9. The van der Waals surface area contributed by atoms with Crippen molar-refractivity contribution in [1.29, 1.82) is 0 Å². The van der Waals surface area contributed by atoms with E-state index in [1.165, 1.54) is 0 Å². The summed E-state index contributed by atoms with van der Waals surface area (Å²) < 4.78 is 0.898. The Morgan fingerprint density at radius 1 is 1.05 bits per heavy atom. The number of rotatable bonds is 3. The fourth-order valence-electron chi connectivity index (χ4n) is 2.10. The minimum absolute atomic E-state index is 0.131. The molecule has 108 valence electrons. The highest BCUT2D eigenvalue weighted by Gasteiger charge is 2.00. The van der Waals surface area contributed by atoms with Crippen molar-refractivity contribution >= 4 is 39.0 Å². The van der Waals surface area contributed by atoms with Crippen molar-refractivity contribution < 1.29 is 0 Å². The third kappa shape index (κ3) is 3.40. The number of nitrogens with zero attached hydrogens (tertiary/aromatic N) is 1. The SMILES string of the molecule is O=c1[nH]c(/C=C\C(Br)=C/c2ccccc2)nc2ccccc12. The number of allylic oxidation sites excluding steroid dienone is 2. The third-order valence-electron chi connectivity index (χ3n) is 3.14. The van der Waals surface area contributed by atoms with Gasteiger partial charge < -0.3 is 4.98 Å². The molecule has 0 aliphatic heterocycles. The molecule has 0 aliphatic rings. The van der Waals surface area contributed by atoms with Gasteiger partial charge >= 0.3 is 0 Å². The second-order valence-electron chi connectivity index (χ2n) is 4.74. The van der Waals surface area contributed by atoms with Crippen LogP contribution in [0.3, 0.4) is 0 Å². The van der Waals surface area contributed by atoms with Crippen molar-refractivity contribution in [2.24, 2.45) is 0 Å². The van der Waals surface area contributed by atoms with Crippen molar-refractivity contribution in [3.63, 3.8) is 0 Å². The number of aromatic amines is 1. The van der Waals surface area contributed by atoms with Crippen molar-refractivity contribution in [3.05, 3.63) is 86.9 Å². The van der Waals surface area contributed by atoms with Crippen LogP contribution >= 0.6 is 15.9 Å². The van der Waals surface area contributed by atoms with E-state index in [-0.39, 0.29) is 5.56 Å². The van der Waals surface area contributed by atoms with Crippen LogP contribution in [0.2, 0.25) is 0 Å². The highest BCUT2D eigenvalue weighted by molar-refractivity contribution is 9.12. The van der Waals surface area contributed by atoms with Crippen molar-refractivity contribution in [3.8, 4) is 0 Å². The molecule has 3 nitrogen and oxygen atoms in total. The van der Waals surface area contributed by atoms with Gasteiger partial charge in [-0.1, -0.05) is 58.4 Å².